The number of fused-ring (bicyclic) bond motifs is 1. The Morgan fingerprint density at radius 2 is 2.10 bits per heavy atom. The van der Waals surface area contributed by atoms with Crippen LogP contribution in [0.3, 0.4) is 0 Å². The summed E-state index contributed by atoms with van der Waals surface area (Å²) >= 11 is 1.60. The minimum absolute atomic E-state index is 0.406. The first kappa shape index (κ1) is 12.0. The minimum atomic E-state index is -0.406. The van der Waals surface area contributed by atoms with Crippen LogP contribution in [0.1, 0.15) is 31.5 Å². The Morgan fingerprint density at radius 3 is 2.95 bits per heavy atom. The highest BCUT2D eigenvalue weighted by atomic mass is 32.1. The average molecular weight is 286 g/mol. The molecule has 1 saturated carbocycles. The van der Waals surface area contributed by atoms with E-state index in [9.17, 15) is 0 Å². The molecule has 3 aromatic rings. The van der Waals surface area contributed by atoms with E-state index >= 15 is 0 Å². The predicted molar refractivity (Wildman–Crippen MR) is 77.2 cm³/mol. The fourth-order valence-corrected chi connectivity index (χ4v) is 3.48. The van der Waals surface area contributed by atoms with Gasteiger partial charge in [0.25, 0.3) is 5.89 Å². The van der Waals surface area contributed by atoms with Gasteiger partial charge in [-0.15, -0.1) is 11.3 Å². The average Bonchev–Trinajstić information content (AvgIpc) is 3.18. The number of hydrogen-bond acceptors (Lipinski definition) is 6. The normalized spacial score (nSPS) is 17.9. The summed E-state index contributed by atoms with van der Waals surface area (Å²) in [6.07, 6.45) is 4.13. The van der Waals surface area contributed by atoms with Crippen molar-refractivity contribution in [1.29, 1.82) is 0 Å². The van der Waals surface area contributed by atoms with E-state index in [0.29, 0.717) is 11.7 Å². The van der Waals surface area contributed by atoms with Gasteiger partial charge in [0.1, 0.15) is 0 Å². The van der Waals surface area contributed by atoms with Gasteiger partial charge in [0.2, 0.25) is 0 Å². The van der Waals surface area contributed by atoms with Crippen LogP contribution in [0, 0.1) is 0 Å². The Morgan fingerprint density at radius 1 is 1.25 bits per heavy atom. The lowest BCUT2D eigenvalue weighted by Gasteiger charge is -2.17. The zero-order valence-electron chi connectivity index (χ0n) is 10.9. The largest absolute Gasteiger partial charge is 0.334 e. The molecule has 2 N–H and O–H groups in total. The number of rotatable bonds is 2. The molecule has 0 saturated heterocycles. The third-order valence-corrected chi connectivity index (χ3v) is 4.74. The van der Waals surface area contributed by atoms with E-state index in [1.807, 2.05) is 23.7 Å². The van der Waals surface area contributed by atoms with Gasteiger partial charge < -0.3 is 10.3 Å². The highest BCUT2D eigenvalue weighted by Gasteiger charge is 2.36. The molecule has 0 spiro atoms. The molecule has 102 valence electrons. The van der Waals surface area contributed by atoms with Crippen LogP contribution in [0.5, 0.6) is 0 Å². The van der Waals surface area contributed by atoms with E-state index in [4.69, 9.17) is 10.3 Å². The minimum Gasteiger partial charge on any atom is -0.334 e. The maximum atomic E-state index is 6.35. The molecule has 2 heterocycles. The number of benzene rings is 1. The Bertz CT molecular complexity index is 757. The van der Waals surface area contributed by atoms with E-state index in [0.717, 1.165) is 41.5 Å². The molecule has 4 rings (SSSR count). The third-order valence-electron chi connectivity index (χ3n) is 3.95. The molecule has 1 fully saturated rings. The molecular weight excluding hydrogens is 272 g/mol. The molecular formula is C14H14N4OS. The maximum absolute atomic E-state index is 6.35. The second-order valence-corrected chi connectivity index (χ2v) is 6.21. The standard InChI is InChI=1S/C14H14N4OS/c15-14(5-1-2-6-14)13-17-12(19-18-13)9-3-4-10-11(7-9)20-8-16-10/h3-4,7-8H,1-2,5-6,15H2. The summed E-state index contributed by atoms with van der Waals surface area (Å²) in [5.41, 5.74) is 9.69. The molecule has 0 amide bonds. The topological polar surface area (TPSA) is 77.8 Å². The summed E-state index contributed by atoms with van der Waals surface area (Å²) in [4.78, 5) is 8.77. The van der Waals surface area contributed by atoms with E-state index in [2.05, 4.69) is 15.1 Å². The van der Waals surface area contributed by atoms with Crippen molar-refractivity contribution in [3.8, 4) is 11.5 Å². The van der Waals surface area contributed by atoms with Crippen LogP contribution in [-0.4, -0.2) is 15.1 Å². The first-order chi connectivity index (χ1) is 9.74. The summed E-state index contributed by atoms with van der Waals surface area (Å²) < 4.78 is 6.51. The lowest BCUT2D eigenvalue weighted by atomic mass is 9.99. The lowest BCUT2D eigenvalue weighted by molar-refractivity contribution is 0.372. The number of nitrogens with two attached hydrogens (primary N) is 1. The highest BCUT2D eigenvalue weighted by molar-refractivity contribution is 7.16. The van der Waals surface area contributed by atoms with Crippen molar-refractivity contribution >= 4 is 21.6 Å². The lowest BCUT2D eigenvalue weighted by Crippen LogP contribution is -2.34. The van der Waals surface area contributed by atoms with Crippen molar-refractivity contribution in [2.24, 2.45) is 5.73 Å². The SMILES string of the molecule is NC1(c2noc(-c3ccc4ncsc4c3)n2)CCCC1. The first-order valence-electron chi connectivity index (χ1n) is 6.71. The van der Waals surface area contributed by atoms with Gasteiger partial charge in [-0.3, -0.25) is 0 Å². The first-order valence-corrected chi connectivity index (χ1v) is 7.59. The van der Waals surface area contributed by atoms with Gasteiger partial charge in [-0.1, -0.05) is 18.0 Å². The summed E-state index contributed by atoms with van der Waals surface area (Å²) in [6, 6.07) is 5.96. The molecule has 20 heavy (non-hydrogen) atoms. The van der Waals surface area contributed by atoms with Gasteiger partial charge >= 0.3 is 0 Å². The van der Waals surface area contributed by atoms with Gasteiger partial charge in [-0.05, 0) is 31.0 Å². The summed E-state index contributed by atoms with van der Waals surface area (Å²) in [5, 5.41) is 4.09. The van der Waals surface area contributed by atoms with Crippen molar-refractivity contribution in [3.05, 3.63) is 29.5 Å². The molecule has 0 aliphatic heterocycles. The van der Waals surface area contributed by atoms with Gasteiger partial charge in [-0.2, -0.15) is 4.98 Å². The molecule has 0 atom stereocenters. The van der Waals surface area contributed by atoms with Crippen LogP contribution in [0.2, 0.25) is 0 Å². The van der Waals surface area contributed by atoms with Crippen LogP contribution < -0.4 is 5.73 Å². The third kappa shape index (κ3) is 1.83. The Balaban J connectivity index is 1.73. The fourth-order valence-electron chi connectivity index (χ4n) is 2.76. The summed E-state index contributed by atoms with van der Waals surface area (Å²) in [5.74, 6) is 1.17. The Hall–Kier alpha value is -1.79. The van der Waals surface area contributed by atoms with Crippen LogP contribution >= 0.6 is 11.3 Å². The molecule has 6 heteroatoms. The van der Waals surface area contributed by atoms with Crippen LogP contribution in [-0.2, 0) is 5.54 Å². The maximum Gasteiger partial charge on any atom is 0.258 e. The second kappa shape index (κ2) is 4.36. The number of thiazole rings is 1. The molecule has 1 aromatic carbocycles. The number of aromatic nitrogens is 3. The van der Waals surface area contributed by atoms with E-state index in [-0.39, 0.29) is 0 Å². The molecule has 2 aromatic heterocycles. The highest BCUT2D eigenvalue weighted by Crippen LogP contribution is 2.35. The Kier molecular flexibility index (Phi) is 2.61. The summed E-state index contributed by atoms with van der Waals surface area (Å²) in [6.45, 7) is 0. The van der Waals surface area contributed by atoms with E-state index < -0.39 is 5.54 Å². The predicted octanol–water partition coefficient (Wildman–Crippen LogP) is 3.07. The van der Waals surface area contributed by atoms with Gasteiger partial charge in [0, 0.05) is 5.56 Å². The zero-order chi connectivity index (χ0) is 13.6. The smallest absolute Gasteiger partial charge is 0.258 e. The van der Waals surface area contributed by atoms with Gasteiger partial charge in [-0.25, -0.2) is 4.98 Å². The molecule has 1 aliphatic carbocycles. The van der Waals surface area contributed by atoms with Crippen LogP contribution in [0.4, 0.5) is 0 Å². The van der Waals surface area contributed by atoms with Crippen LogP contribution in [0.15, 0.2) is 28.2 Å². The second-order valence-electron chi connectivity index (χ2n) is 5.32. The van der Waals surface area contributed by atoms with Crippen molar-refractivity contribution in [2.45, 2.75) is 31.2 Å². The molecule has 0 bridgehead atoms. The zero-order valence-corrected chi connectivity index (χ0v) is 11.7. The number of hydrogen-bond donors (Lipinski definition) is 1. The molecule has 0 unspecified atom stereocenters. The molecule has 5 nitrogen and oxygen atoms in total. The molecule has 1 aliphatic rings. The van der Waals surface area contributed by atoms with E-state index in [1.165, 1.54) is 0 Å². The molecule has 0 radical (unpaired) electrons. The van der Waals surface area contributed by atoms with Crippen molar-refractivity contribution in [1.82, 2.24) is 15.1 Å². The van der Waals surface area contributed by atoms with Crippen molar-refractivity contribution < 1.29 is 4.52 Å². The monoisotopic (exact) mass is 286 g/mol. The van der Waals surface area contributed by atoms with Gasteiger partial charge in [0.15, 0.2) is 5.82 Å². The van der Waals surface area contributed by atoms with Crippen molar-refractivity contribution in [3.63, 3.8) is 0 Å². The van der Waals surface area contributed by atoms with E-state index in [1.54, 1.807) is 11.3 Å². The van der Waals surface area contributed by atoms with Crippen molar-refractivity contribution in [2.75, 3.05) is 0 Å². The Labute approximate surface area is 119 Å². The number of nitrogens with zero attached hydrogens (tertiary/aromatic N) is 3. The summed E-state index contributed by atoms with van der Waals surface area (Å²) in [7, 11) is 0. The van der Waals surface area contributed by atoms with Crippen LogP contribution in [0.25, 0.3) is 21.7 Å². The fraction of sp³-hybridized carbons (Fsp3) is 0.357. The quantitative estimate of drug-likeness (QED) is 0.783. The van der Waals surface area contributed by atoms with Gasteiger partial charge in [0.05, 0.1) is 21.3 Å².